The molecule has 0 spiro atoms. The van der Waals surface area contributed by atoms with Gasteiger partial charge in [0, 0.05) is 25.1 Å². The summed E-state index contributed by atoms with van der Waals surface area (Å²) in [6.45, 7) is 9.28. The Labute approximate surface area is 143 Å². The molecule has 0 saturated carbocycles. The second-order valence-electron chi connectivity index (χ2n) is 7.84. The van der Waals surface area contributed by atoms with Gasteiger partial charge in [0.25, 0.3) is 0 Å². The molecule has 0 atom stereocenters. The molecule has 5 heteroatoms. The molecular formula is C19H27NO4. The zero-order valence-corrected chi connectivity index (χ0v) is 15.0. The van der Waals surface area contributed by atoms with Gasteiger partial charge in [-0.1, -0.05) is 12.1 Å². The van der Waals surface area contributed by atoms with Gasteiger partial charge in [0.2, 0.25) is 0 Å². The molecule has 1 N–H and O–H groups in total. The summed E-state index contributed by atoms with van der Waals surface area (Å²) in [7, 11) is 0. The van der Waals surface area contributed by atoms with Crippen LogP contribution in [0.3, 0.4) is 0 Å². The molecule has 2 heterocycles. The first kappa shape index (κ1) is 17.1. The number of likely N-dealkylation sites (tertiary alicyclic amines) is 1. The first-order chi connectivity index (χ1) is 11.2. The number of aryl methyl sites for hydroxylation is 1. The van der Waals surface area contributed by atoms with Crippen LogP contribution in [0.4, 0.5) is 4.79 Å². The molecule has 0 aliphatic carbocycles. The minimum Gasteiger partial charge on any atom is -0.493 e. The van der Waals surface area contributed by atoms with Crippen LogP contribution in [0.5, 0.6) is 5.75 Å². The molecular weight excluding hydrogens is 306 g/mol. The lowest BCUT2D eigenvalue weighted by molar-refractivity contribution is -0.0360. The fourth-order valence-corrected chi connectivity index (χ4v) is 3.54. The van der Waals surface area contributed by atoms with E-state index in [1.54, 1.807) is 4.90 Å². The Bertz CT molecular complexity index is 640. The van der Waals surface area contributed by atoms with Gasteiger partial charge in [0.1, 0.15) is 11.4 Å². The molecule has 1 amide bonds. The van der Waals surface area contributed by atoms with Crippen LogP contribution in [0.1, 0.15) is 50.3 Å². The molecule has 2 aliphatic heterocycles. The molecule has 0 bridgehead atoms. The third-order valence-corrected chi connectivity index (χ3v) is 4.80. The van der Waals surface area contributed by atoms with Crippen molar-refractivity contribution in [2.24, 2.45) is 0 Å². The molecule has 3 rings (SSSR count). The number of amides is 1. The quantitative estimate of drug-likeness (QED) is 0.858. The molecule has 2 aliphatic rings. The Balaban J connectivity index is 1.74. The fourth-order valence-electron chi connectivity index (χ4n) is 3.54. The molecule has 132 valence electrons. The highest BCUT2D eigenvalue weighted by atomic mass is 16.6. The predicted molar refractivity (Wildman–Crippen MR) is 91.3 cm³/mol. The lowest BCUT2D eigenvalue weighted by Crippen LogP contribution is -2.47. The lowest BCUT2D eigenvalue weighted by atomic mass is 9.81. The third kappa shape index (κ3) is 3.22. The van der Waals surface area contributed by atoms with Crippen molar-refractivity contribution in [1.29, 1.82) is 0 Å². The molecule has 1 fully saturated rings. The van der Waals surface area contributed by atoms with E-state index in [-0.39, 0.29) is 6.09 Å². The van der Waals surface area contributed by atoms with E-state index < -0.39 is 11.2 Å². The maximum atomic E-state index is 12.2. The second-order valence-corrected chi connectivity index (χ2v) is 7.84. The van der Waals surface area contributed by atoms with Gasteiger partial charge in [-0.25, -0.2) is 4.79 Å². The summed E-state index contributed by atoms with van der Waals surface area (Å²) in [5.41, 5.74) is 1.80. The Morgan fingerprint density at radius 3 is 2.58 bits per heavy atom. The van der Waals surface area contributed by atoms with E-state index in [2.05, 4.69) is 0 Å². The largest absolute Gasteiger partial charge is 0.493 e. The third-order valence-electron chi connectivity index (χ3n) is 4.80. The summed E-state index contributed by atoms with van der Waals surface area (Å²) in [6, 6.07) is 4.03. The number of benzene rings is 1. The summed E-state index contributed by atoms with van der Waals surface area (Å²) < 4.78 is 11.2. The molecule has 0 unspecified atom stereocenters. The SMILES string of the molecule is Cc1ccc(C2(O)CCN(C(=O)OC(C)(C)C)CC2)c2c1OCC2. The first-order valence-corrected chi connectivity index (χ1v) is 8.66. The lowest BCUT2D eigenvalue weighted by Gasteiger charge is -2.39. The molecule has 0 radical (unpaired) electrons. The highest BCUT2D eigenvalue weighted by Crippen LogP contribution is 2.41. The highest BCUT2D eigenvalue weighted by Gasteiger charge is 2.39. The Morgan fingerprint density at radius 1 is 1.29 bits per heavy atom. The average molecular weight is 333 g/mol. The number of fused-ring (bicyclic) bond motifs is 1. The van der Waals surface area contributed by atoms with Crippen molar-refractivity contribution in [3.05, 3.63) is 28.8 Å². The normalized spacial score (nSPS) is 19.6. The Hall–Kier alpha value is -1.75. The molecule has 1 aromatic rings. The van der Waals surface area contributed by atoms with Crippen LogP contribution in [0.15, 0.2) is 12.1 Å². The van der Waals surface area contributed by atoms with Crippen molar-refractivity contribution in [3.8, 4) is 5.75 Å². The maximum Gasteiger partial charge on any atom is 0.410 e. The summed E-state index contributed by atoms with van der Waals surface area (Å²) in [5.74, 6) is 0.926. The number of rotatable bonds is 1. The van der Waals surface area contributed by atoms with Gasteiger partial charge in [-0.15, -0.1) is 0 Å². The number of hydrogen-bond donors (Lipinski definition) is 1. The Kier molecular flexibility index (Phi) is 4.24. The fraction of sp³-hybridized carbons (Fsp3) is 0.632. The van der Waals surface area contributed by atoms with Gasteiger partial charge in [-0.3, -0.25) is 0 Å². The topological polar surface area (TPSA) is 59.0 Å². The minimum absolute atomic E-state index is 0.304. The number of hydrogen-bond acceptors (Lipinski definition) is 4. The van der Waals surface area contributed by atoms with E-state index in [4.69, 9.17) is 9.47 Å². The number of carbonyl (C=O) groups excluding carboxylic acids is 1. The number of aliphatic hydroxyl groups is 1. The van der Waals surface area contributed by atoms with E-state index in [1.807, 2.05) is 39.8 Å². The van der Waals surface area contributed by atoms with Gasteiger partial charge in [-0.2, -0.15) is 0 Å². The zero-order chi connectivity index (χ0) is 17.5. The highest BCUT2D eigenvalue weighted by molar-refractivity contribution is 5.68. The van der Waals surface area contributed by atoms with Gasteiger partial charge in [0.05, 0.1) is 12.2 Å². The van der Waals surface area contributed by atoms with E-state index in [0.717, 1.165) is 28.9 Å². The van der Waals surface area contributed by atoms with E-state index in [0.29, 0.717) is 32.5 Å². The van der Waals surface area contributed by atoms with Crippen LogP contribution < -0.4 is 4.74 Å². The van der Waals surface area contributed by atoms with Crippen LogP contribution in [0, 0.1) is 6.92 Å². The Morgan fingerprint density at radius 2 is 1.96 bits per heavy atom. The number of piperidine rings is 1. The average Bonchev–Trinajstić information content (AvgIpc) is 2.96. The van der Waals surface area contributed by atoms with Gasteiger partial charge in [0.15, 0.2) is 0 Å². The molecule has 0 aromatic heterocycles. The molecule has 1 aromatic carbocycles. The van der Waals surface area contributed by atoms with Crippen molar-refractivity contribution >= 4 is 6.09 Å². The smallest absolute Gasteiger partial charge is 0.410 e. The molecule has 1 saturated heterocycles. The van der Waals surface area contributed by atoms with E-state index >= 15 is 0 Å². The molecule has 5 nitrogen and oxygen atoms in total. The monoisotopic (exact) mass is 333 g/mol. The van der Waals surface area contributed by atoms with Crippen LogP contribution in [-0.4, -0.2) is 41.4 Å². The standard InChI is InChI=1S/C19H27NO4/c1-13-5-6-15(14-7-12-23-16(13)14)19(22)8-10-20(11-9-19)17(21)24-18(2,3)4/h5-6,22H,7-12H2,1-4H3. The van der Waals surface area contributed by atoms with Crippen molar-refractivity contribution in [2.75, 3.05) is 19.7 Å². The number of ether oxygens (including phenoxy) is 2. The van der Waals surface area contributed by atoms with Crippen molar-refractivity contribution in [3.63, 3.8) is 0 Å². The first-order valence-electron chi connectivity index (χ1n) is 8.66. The van der Waals surface area contributed by atoms with Gasteiger partial charge >= 0.3 is 6.09 Å². The van der Waals surface area contributed by atoms with Crippen molar-refractivity contribution in [1.82, 2.24) is 4.90 Å². The van der Waals surface area contributed by atoms with Gasteiger partial charge < -0.3 is 19.5 Å². The minimum atomic E-state index is -0.899. The summed E-state index contributed by atoms with van der Waals surface area (Å²) in [4.78, 5) is 13.9. The molecule has 24 heavy (non-hydrogen) atoms. The predicted octanol–water partition coefficient (Wildman–Crippen LogP) is 3.15. The number of carbonyl (C=O) groups is 1. The van der Waals surface area contributed by atoms with Gasteiger partial charge in [-0.05, 0) is 51.7 Å². The van der Waals surface area contributed by atoms with Crippen LogP contribution in [-0.2, 0) is 16.8 Å². The summed E-state index contributed by atoms with van der Waals surface area (Å²) >= 11 is 0. The van der Waals surface area contributed by atoms with Crippen LogP contribution in [0.25, 0.3) is 0 Å². The summed E-state index contributed by atoms with van der Waals surface area (Å²) in [5, 5.41) is 11.2. The maximum absolute atomic E-state index is 12.2. The van der Waals surface area contributed by atoms with Crippen LogP contribution >= 0.6 is 0 Å². The van der Waals surface area contributed by atoms with Crippen molar-refractivity contribution in [2.45, 2.75) is 58.2 Å². The summed E-state index contributed by atoms with van der Waals surface area (Å²) in [6.07, 6.45) is 1.57. The second kappa shape index (κ2) is 5.96. The van der Waals surface area contributed by atoms with Crippen LogP contribution in [0.2, 0.25) is 0 Å². The van der Waals surface area contributed by atoms with E-state index in [1.165, 1.54) is 0 Å². The number of nitrogens with zero attached hydrogens (tertiary/aromatic N) is 1. The van der Waals surface area contributed by atoms with Crippen molar-refractivity contribution < 1.29 is 19.4 Å². The van der Waals surface area contributed by atoms with E-state index in [9.17, 15) is 9.90 Å². The zero-order valence-electron chi connectivity index (χ0n) is 15.0.